The third-order valence-electron chi connectivity index (χ3n) is 7.77. The first-order chi connectivity index (χ1) is 19.5. The number of hydrogen-bond acceptors (Lipinski definition) is 5. The maximum atomic E-state index is 13.2. The number of nitro benzene ring substituents is 1. The summed E-state index contributed by atoms with van der Waals surface area (Å²) in [4.78, 5) is 39.0. The maximum absolute atomic E-state index is 13.2. The van der Waals surface area contributed by atoms with E-state index < -0.39 is 22.7 Å². The quantitative estimate of drug-likeness (QED) is 0.0502. The van der Waals surface area contributed by atoms with Gasteiger partial charge in [0.1, 0.15) is 5.76 Å². The molecule has 1 saturated heterocycles. The number of likely N-dealkylation sites (tertiary alicyclic amines) is 1. The number of benzene rings is 2. The minimum absolute atomic E-state index is 0.101. The predicted octanol–water partition coefficient (Wildman–Crippen LogP) is 8.50. The molecule has 0 radical (unpaired) electrons. The van der Waals surface area contributed by atoms with Gasteiger partial charge < -0.3 is 10.0 Å². The van der Waals surface area contributed by atoms with Crippen LogP contribution >= 0.6 is 0 Å². The second kappa shape index (κ2) is 16.6. The van der Waals surface area contributed by atoms with Crippen LogP contribution in [0, 0.1) is 10.1 Å². The number of aliphatic hydroxyl groups is 1. The van der Waals surface area contributed by atoms with Gasteiger partial charge in [0.2, 0.25) is 0 Å². The molecule has 1 aliphatic heterocycles. The zero-order valence-electron chi connectivity index (χ0n) is 23.9. The van der Waals surface area contributed by atoms with Crippen molar-refractivity contribution >= 4 is 23.1 Å². The van der Waals surface area contributed by atoms with Gasteiger partial charge in [0.15, 0.2) is 0 Å². The Bertz CT molecular complexity index is 1140. The van der Waals surface area contributed by atoms with Crippen LogP contribution in [0.1, 0.15) is 114 Å². The van der Waals surface area contributed by atoms with Crippen molar-refractivity contribution in [3.63, 3.8) is 0 Å². The molecule has 1 aliphatic rings. The molecule has 7 nitrogen and oxygen atoms in total. The van der Waals surface area contributed by atoms with Crippen molar-refractivity contribution in [2.45, 2.75) is 103 Å². The normalized spacial score (nSPS) is 16.5. The SMILES string of the molecule is CCCCCCCCCCCCCCCCN1C(=O)C(=O)/C(=C(\O)c2ccccc2)C1c1ccccc1[N+](=O)[O-]. The number of aliphatic hydroxyl groups excluding tert-OH is 1. The number of ketones is 1. The molecule has 0 aliphatic carbocycles. The molecule has 1 unspecified atom stereocenters. The van der Waals surface area contributed by atoms with Gasteiger partial charge in [0.25, 0.3) is 17.4 Å². The molecule has 0 spiro atoms. The molecule has 0 saturated carbocycles. The van der Waals surface area contributed by atoms with Crippen LogP contribution < -0.4 is 0 Å². The highest BCUT2D eigenvalue weighted by Gasteiger charge is 2.47. The Kier molecular flexibility index (Phi) is 12.9. The van der Waals surface area contributed by atoms with E-state index in [0.29, 0.717) is 18.5 Å². The van der Waals surface area contributed by atoms with Gasteiger partial charge in [-0.3, -0.25) is 19.7 Å². The number of nitro groups is 1. The fourth-order valence-electron chi connectivity index (χ4n) is 5.55. The summed E-state index contributed by atoms with van der Waals surface area (Å²) in [6.07, 6.45) is 16.9. The first-order valence-corrected chi connectivity index (χ1v) is 15.0. The number of hydrogen-bond donors (Lipinski definition) is 1. The Morgan fingerprint density at radius 3 is 1.82 bits per heavy atom. The molecule has 0 aromatic heterocycles. The summed E-state index contributed by atoms with van der Waals surface area (Å²) in [5, 5.41) is 22.9. The Labute approximate surface area is 238 Å². The van der Waals surface area contributed by atoms with Crippen LogP contribution in [0.15, 0.2) is 60.2 Å². The molecule has 1 N–H and O–H groups in total. The molecular weight excluding hydrogens is 504 g/mol. The number of unbranched alkanes of at least 4 members (excludes halogenated alkanes) is 13. The zero-order chi connectivity index (χ0) is 28.7. The Morgan fingerprint density at radius 2 is 1.27 bits per heavy atom. The van der Waals surface area contributed by atoms with Gasteiger partial charge in [-0.1, -0.05) is 133 Å². The van der Waals surface area contributed by atoms with Gasteiger partial charge in [-0.25, -0.2) is 0 Å². The second-order valence-electron chi connectivity index (χ2n) is 10.8. The number of rotatable bonds is 18. The molecule has 1 atom stereocenters. The van der Waals surface area contributed by atoms with Crippen LogP contribution in [-0.4, -0.2) is 33.2 Å². The van der Waals surface area contributed by atoms with E-state index in [2.05, 4.69) is 6.92 Å². The topological polar surface area (TPSA) is 101 Å². The van der Waals surface area contributed by atoms with E-state index in [-0.39, 0.29) is 22.6 Å². The summed E-state index contributed by atoms with van der Waals surface area (Å²) in [5.74, 6) is -1.85. The lowest BCUT2D eigenvalue weighted by Crippen LogP contribution is -2.31. The van der Waals surface area contributed by atoms with Crippen molar-refractivity contribution in [1.29, 1.82) is 0 Å². The fraction of sp³-hybridized carbons (Fsp3) is 0.515. The van der Waals surface area contributed by atoms with Crippen LogP contribution in [0.4, 0.5) is 5.69 Å². The summed E-state index contributed by atoms with van der Waals surface area (Å²) in [7, 11) is 0. The van der Waals surface area contributed by atoms with Crippen molar-refractivity contribution < 1.29 is 19.6 Å². The van der Waals surface area contributed by atoms with Crippen LogP contribution in [0.2, 0.25) is 0 Å². The molecule has 40 heavy (non-hydrogen) atoms. The Hall–Kier alpha value is -3.48. The summed E-state index contributed by atoms with van der Waals surface area (Å²) in [5.41, 5.74) is 0.338. The Balaban J connectivity index is 1.58. The van der Waals surface area contributed by atoms with Crippen LogP contribution in [0.3, 0.4) is 0 Å². The lowest BCUT2D eigenvalue weighted by atomic mass is 9.94. The van der Waals surface area contributed by atoms with Gasteiger partial charge in [-0.2, -0.15) is 0 Å². The molecule has 2 aromatic rings. The van der Waals surface area contributed by atoms with E-state index in [0.717, 1.165) is 19.3 Å². The summed E-state index contributed by atoms with van der Waals surface area (Å²) >= 11 is 0. The van der Waals surface area contributed by atoms with Crippen LogP contribution in [-0.2, 0) is 9.59 Å². The third kappa shape index (κ3) is 8.51. The van der Waals surface area contributed by atoms with Gasteiger partial charge >= 0.3 is 0 Å². The summed E-state index contributed by atoms with van der Waals surface area (Å²) < 4.78 is 0. The Morgan fingerprint density at radius 1 is 0.775 bits per heavy atom. The van der Waals surface area contributed by atoms with Crippen molar-refractivity contribution in [3.8, 4) is 0 Å². The lowest BCUT2D eigenvalue weighted by molar-refractivity contribution is -0.385. The van der Waals surface area contributed by atoms with E-state index in [1.54, 1.807) is 48.5 Å². The van der Waals surface area contributed by atoms with Crippen molar-refractivity contribution in [3.05, 3.63) is 81.4 Å². The van der Waals surface area contributed by atoms with E-state index in [9.17, 15) is 24.8 Å². The highest BCUT2D eigenvalue weighted by molar-refractivity contribution is 6.46. The molecule has 1 amide bonds. The minimum Gasteiger partial charge on any atom is -0.507 e. The molecule has 1 heterocycles. The van der Waals surface area contributed by atoms with Gasteiger partial charge in [-0.05, 0) is 12.5 Å². The molecule has 3 rings (SSSR count). The molecule has 216 valence electrons. The molecular formula is C33H44N2O5. The highest BCUT2D eigenvalue weighted by Crippen LogP contribution is 2.42. The van der Waals surface area contributed by atoms with Gasteiger partial charge in [-0.15, -0.1) is 0 Å². The van der Waals surface area contributed by atoms with Crippen molar-refractivity contribution in [2.75, 3.05) is 6.54 Å². The first-order valence-electron chi connectivity index (χ1n) is 15.0. The monoisotopic (exact) mass is 548 g/mol. The van der Waals surface area contributed by atoms with E-state index >= 15 is 0 Å². The average Bonchev–Trinajstić information content (AvgIpc) is 3.22. The lowest BCUT2D eigenvalue weighted by Gasteiger charge is -2.25. The number of amides is 1. The minimum atomic E-state index is -1.01. The molecule has 7 heteroatoms. The predicted molar refractivity (Wildman–Crippen MR) is 159 cm³/mol. The average molecular weight is 549 g/mol. The first kappa shape index (κ1) is 31.1. The van der Waals surface area contributed by atoms with E-state index in [1.165, 1.54) is 75.2 Å². The number of carbonyl (C=O) groups is 2. The maximum Gasteiger partial charge on any atom is 0.295 e. The van der Waals surface area contributed by atoms with E-state index in [4.69, 9.17) is 0 Å². The summed E-state index contributed by atoms with van der Waals surface area (Å²) in [6.45, 7) is 2.54. The number of nitrogens with zero attached hydrogens (tertiary/aromatic N) is 2. The second-order valence-corrected chi connectivity index (χ2v) is 10.8. The van der Waals surface area contributed by atoms with Crippen LogP contribution in [0.25, 0.3) is 5.76 Å². The van der Waals surface area contributed by atoms with Crippen molar-refractivity contribution in [2.24, 2.45) is 0 Å². The third-order valence-corrected chi connectivity index (χ3v) is 7.77. The summed E-state index contributed by atoms with van der Waals surface area (Å²) in [6, 6.07) is 13.6. The highest BCUT2D eigenvalue weighted by atomic mass is 16.6. The van der Waals surface area contributed by atoms with Gasteiger partial charge in [0.05, 0.1) is 22.1 Å². The standard InChI is InChI=1S/C33H44N2O5/c1-2-3-4-5-6-7-8-9-10-11-12-13-14-20-25-34-30(27-23-18-19-24-28(27)35(39)40)29(32(37)33(34)38)31(36)26-21-16-15-17-22-26/h15-19,21-24,30,36H,2-14,20,25H2,1H3/b31-29-. The molecule has 0 bridgehead atoms. The molecule has 1 fully saturated rings. The van der Waals surface area contributed by atoms with Gasteiger partial charge in [0, 0.05) is 18.2 Å². The smallest absolute Gasteiger partial charge is 0.295 e. The molecule has 2 aromatic carbocycles. The van der Waals surface area contributed by atoms with Crippen molar-refractivity contribution in [1.82, 2.24) is 4.90 Å². The fourth-order valence-corrected chi connectivity index (χ4v) is 5.55. The number of carbonyl (C=O) groups excluding carboxylic acids is 2. The van der Waals surface area contributed by atoms with Crippen LogP contribution in [0.5, 0.6) is 0 Å². The zero-order valence-corrected chi connectivity index (χ0v) is 23.9. The number of Topliss-reactive ketones (excluding diaryl/α,β-unsaturated/α-hetero) is 1. The van der Waals surface area contributed by atoms with E-state index in [1.807, 2.05) is 0 Å². The number of para-hydroxylation sites is 1. The largest absolute Gasteiger partial charge is 0.507 e.